The van der Waals surface area contributed by atoms with E-state index in [1.54, 1.807) is 43.3 Å². The molecule has 2 rings (SSSR count). The first-order valence-electron chi connectivity index (χ1n) is 8.12. The van der Waals surface area contributed by atoms with Crippen molar-refractivity contribution >= 4 is 24.2 Å². The van der Waals surface area contributed by atoms with Crippen LogP contribution in [0.4, 0.5) is 8.78 Å². The number of aromatic nitrogens is 1. The summed E-state index contributed by atoms with van der Waals surface area (Å²) >= 11 is 6.01. The number of halogens is 3. The third kappa shape index (κ3) is 5.99. The van der Waals surface area contributed by atoms with Gasteiger partial charge in [0.25, 0.3) is 0 Å². The predicted octanol–water partition coefficient (Wildman–Crippen LogP) is 4.56. The zero-order chi connectivity index (χ0) is 20.7. The van der Waals surface area contributed by atoms with Gasteiger partial charge < -0.3 is 10.5 Å². The number of hydrogen-bond acceptors (Lipinski definition) is 4. The van der Waals surface area contributed by atoms with Gasteiger partial charge in [-0.1, -0.05) is 29.3 Å². The Morgan fingerprint density at radius 3 is 2.79 bits per heavy atom. The van der Waals surface area contributed by atoms with Crippen molar-refractivity contribution in [1.29, 1.82) is 0 Å². The summed E-state index contributed by atoms with van der Waals surface area (Å²) in [7, 11) is 0. The molecule has 0 saturated heterocycles. The average Bonchev–Trinajstić information content (AvgIpc) is 2.62. The average molecular weight is 406 g/mol. The third-order valence-corrected chi connectivity index (χ3v) is 3.88. The Bertz CT molecular complexity index is 943. The van der Waals surface area contributed by atoms with Crippen LogP contribution in [0.2, 0.25) is 5.02 Å². The maximum atomic E-state index is 12.7. The highest BCUT2D eigenvalue weighted by Crippen LogP contribution is 2.32. The third-order valence-electron chi connectivity index (χ3n) is 3.64. The van der Waals surface area contributed by atoms with Crippen molar-refractivity contribution in [3.8, 4) is 17.0 Å². The van der Waals surface area contributed by atoms with Crippen molar-refractivity contribution in [2.75, 3.05) is 0 Å². The van der Waals surface area contributed by atoms with Crippen molar-refractivity contribution in [2.24, 2.45) is 10.7 Å². The number of carbonyl (C=O) groups excluding carboxylic acids is 1. The number of hydrogen-bond donors (Lipinski definition) is 1. The van der Waals surface area contributed by atoms with Gasteiger partial charge in [0.15, 0.2) is 0 Å². The number of aliphatic imine (C=N–C) groups is 1. The van der Waals surface area contributed by atoms with E-state index in [1.807, 2.05) is 0 Å². The Balaban J connectivity index is 2.41. The van der Waals surface area contributed by atoms with Crippen molar-refractivity contribution in [1.82, 2.24) is 4.98 Å². The highest BCUT2D eigenvalue weighted by atomic mass is 35.5. The SMILES string of the molecule is C=N/C=C(\C=C(/C)Cc1cnc(OC(F)F)c(-c2cccc(Cl)c2)c1)C(N)=O. The number of ether oxygens (including phenoxy) is 1. The van der Waals surface area contributed by atoms with Gasteiger partial charge >= 0.3 is 6.61 Å². The number of alkyl halides is 2. The molecule has 0 aliphatic heterocycles. The van der Waals surface area contributed by atoms with E-state index in [2.05, 4.69) is 21.4 Å². The molecule has 0 atom stereocenters. The Hall–Kier alpha value is -3.06. The van der Waals surface area contributed by atoms with Crippen LogP contribution in [0.1, 0.15) is 12.5 Å². The van der Waals surface area contributed by atoms with E-state index in [0.717, 1.165) is 11.1 Å². The highest BCUT2D eigenvalue weighted by molar-refractivity contribution is 6.30. The minimum atomic E-state index is -3.01. The minimum absolute atomic E-state index is 0.198. The molecule has 0 saturated carbocycles. The fourth-order valence-corrected chi connectivity index (χ4v) is 2.73. The van der Waals surface area contributed by atoms with Crippen molar-refractivity contribution in [2.45, 2.75) is 20.0 Å². The molecule has 0 radical (unpaired) electrons. The zero-order valence-electron chi connectivity index (χ0n) is 15.0. The first-order chi connectivity index (χ1) is 13.3. The summed E-state index contributed by atoms with van der Waals surface area (Å²) in [4.78, 5) is 19.0. The second-order valence-corrected chi connectivity index (χ2v) is 6.32. The van der Waals surface area contributed by atoms with Crippen LogP contribution in [0.15, 0.2) is 64.9 Å². The highest BCUT2D eigenvalue weighted by Gasteiger charge is 2.14. The summed E-state index contributed by atoms with van der Waals surface area (Å²) < 4.78 is 30.0. The molecule has 1 aromatic heterocycles. The number of amides is 1. The first-order valence-corrected chi connectivity index (χ1v) is 8.50. The number of nitrogens with two attached hydrogens (primary N) is 1. The van der Waals surface area contributed by atoms with Gasteiger partial charge in [0, 0.05) is 23.0 Å². The lowest BCUT2D eigenvalue weighted by atomic mass is 10.0. The number of allylic oxidation sites excluding steroid dienone is 1. The van der Waals surface area contributed by atoms with Gasteiger partial charge in [-0.3, -0.25) is 9.79 Å². The number of primary amides is 1. The fourth-order valence-electron chi connectivity index (χ4n) is 2.54. The molecule has 2 aromatic rings. The second kappa shape index (κ2) is 9.75. The molecule has 0 spiro atoms. The Labute approximate surface area is 166 Å². The maximum absolute atomic E-state index is 12.7. The van der Waals surface area contributed by atoms with Crippen LogP contribution in [0.5, 0.6) is 5.88 Å². The lowest BCUT2D eigenvalue weighted by molar-refractivity contribution is -0.114. The lowest BCUT2D eigenvalue weighted by Crippen LogP contribution is -2.12. The Morgan fingerprint density at radius 1 is 1.43 bits per heavy atom. The molecule has 1 heterocycles. The summed E-state index contributed by atoms with van der Waals surface area (Å²) in [6, 6.07) is 8.42. The van der Waals surface area contributed by atoms with Crippen molar-refractivity contribution in [3.63, 3.8) is 0 Å². The molecule has 0 fully saturated rings. The fraction of sp³-hybridized carbons (Fsp3) is 0.150. The number of carbonyl (C=O) groups is 1. The van der Waals surface area contributed by atoms with Crippen LogP contribution in [0.3, 0.4) is 0 Å². The van der Waals surface area contributed by atoms with Crippen molar-refractivity contribution in [3.05, 3.63) is 70.5 Å². The molecule has 0 aliphatic rings. The first kappa shape index (κ1) is 21.2. The summed E-state index contributed by atoms with van der Waals surface area (Å²) in [5.74, 6) is -0.832. The summed E-state index contributed by atoms with van der Waals surface area (Å²) in [6.07, 6.45) is 4.68. The Morgan fingerprint density at radius 2 is 2.18 bits per heavy atom. The van der Waals surface area contributed by atoms with Crippen LogP contribution < -0.4 is 10.5 Å². The normalized spacial score (nSPS) is 12.2. The van der Waals surface area contributed by atoms with Crippen LogP contribution in [0.25, 0.3) is 11.1 Å². The topological polar surface area (TPSA) is 77.6 Å². The van der Waals surface area contributed by atoms with Crippen LogP contribution in [-0.4, -0.2) is 24.2 Å². The molecule has 0 bridgehead atoms. The van der Waals surface area contributed by atoms with E-state index in [0.29, 0.717) is 22.6 Å². The number of nitrogens with zero attached hydrogens (tertiary/aromatic N) is 2. The van der Waals surface area contributed by atoms with Gasteiger partial charge in [0.2, 0.25) is 11.8 Å². The van der Waals surface area contributed by atoms with E-state index in [4.69, 9.17) is 17.3 Å². The molecule has 28 heavy (non-hydrogen) atoms. The number of pyridine rings is 1. The minimum Gasteiger partial charge on any atom is -0.416 e. The van der Waals surface area contributed by atoms with E-state index in [-0.39, 0.29) is 11.5 Å². The van der Waals surface area contributed by atoms with Crippen LogP contribution in [-0.2, 0) is 11.2 Å². The zero-order valence-corrected chi connectivity index (χ0v) is 15.8. The molecular formula is C20H18ClF2N3O2. The predicted molar refractivity (Wildman–Crippen MR) is 106 cm³/mol. The van der Waals surface area contributed by atoms with Gasteiger partial charge in [0.1, 0.15) is 0 Å². The molecule has 1 aromatic carbocycles. The Kier molecular flexibility index (Phi) is 7.40. The number of rotatable bonds is 8. The molecule has 0 unspecified atom stereocenters. The van der Waals surface area contributed by atoms with Crippen molar-refractivity contribution < 1.29 is 18.3 Å². The molecule has 0 aliphatic carbocycles. The maximum Gasteiger partial charge on any atom is 0.388 e. The molecule has 5 nitrogen and oxygen atoms in total. The van der Waals surface area contributed by atoms with Gasteiger partial charge in [0.05, 0.1) is 5.57 Å². The van der Waals surface area contributed by atoms with Gasteiger partial charge in [-0.2, -0.15) is 8.78 Å². The smallest absolute Gasteiger partial charge is 0.388 e. The summed E-state index contributed by atoms with van der Waals surface area (Å²) in [5, 5.41) is 0.454. The standard InChI is InChI=1S/C20H18ClF2N3O2/c1-12(7-15(11-25-2)18(24)27)6-13-8-17(14-4-3-5-16(21)9-14)19(26-10-13)28-20(22)23/h3-5,7-11,20H,2,6H2,1H3,(H2,24,27)/b12-7+,15-11+. The molecule has 8 heteroatoms. The van der Waals surface area contributed by atoms with Gasteiger partial charge in [-0.15, -0.1) is 0 Å². The quantitative estimate of drug-likeness (QED) is 0.397. The molecule has 146 valence electrons. The van der Waals surface area contributed by atoms with E-state index >= 15 is 0 Å². The van der Waals surface area contributed by atoms with Gasteiger partial charge in [-0.25, -0.2) is 4.98 Å². The molecular weight excluding hydrogens is 388 g/mol. The van der Waals surface area contributed by atoms with Crippen LogP contribution in [0, 0.1) is 0 Å². The van der Waals surface area contributed by atoms with Crippen LogP contribution >= 0.6 is 11.6 Å². The monoisotopic (exact) mass is 405 g/mol. The summed E-state index contributed by atoms with van der Waals surface area (Å²) in [5.41, 5.74) is 7.98. The lowest BCUT2D eigenvalue weighted by Gasteiger charge is -2.12. The summed E-state index contributed by atoms with van der Waals surface area (Å²) in [6.45, 7) is 2.09. The molecule has 2 N–H and O–H groups in total. The van der Waals surface area contributed by atoms with E-state index < -0.39 is 12.5 Å². The molecule has 1 amide bonds. The second-order valence-electron chi connectivity index (χ2n) is 5.88. The van der Waals surface area contributed by atoms with E-state index in [9.17, 15) is 13.6 Å². The largest absolute Gasteiger partial charge is 0.416 e. The van der Waals surface area contributed by atoms with E-state index in [1.165, 1.54) is 12.4 Å². The van der Waals surface area contributed by atoms with Gasteiger partial charge in [-0.05, 0) is 55.5 Å². The number of benzene rings is 1.